The summed E-state index contributed by atoms with van der Waals surface area (Å²) in [5, 5.41) is 9.69. The summed E-state index contributed by atoms with van der Waals surface area (Å²) in [6.07, 6.45) is 10.2. The highest BCUT2D eigenvalue weighted by molar-refractivity contribution is 6.12. The lowest BCUT2D eigenvalue weighted by Crippen LogP contribution is -2.48. The Bertz CT molecular complexity index is 3260. The van der Waals surface area contributed by atoms with E-state index in [9.17, 15) is 43.2 Å². The molecule has 22 nitrogen and oxygen atoms in total. The molecule has 22 heteroatoms. The van der Waals surface area contributed by atoms with E-state index in [-0.39, 0.29) is 98.1 Å². The minimum Gasteiger partial charge on any atom is -0.457 e. The number of piperidine rings is 2. The Labute approximate surface area is 494 Å². The van der Waals surface area contributed by atoms with Crippen LogP contribution in [0.15, 0.2) is 65.5 Å². The van der Waals surface area contributed by atoms with Crippen LogP contribution in [0.25, 0.3) is 22.3 Å². The summed E-state index contributed by atoms with van der Waals surface area (Å²) >= 11 is 0. The monoisotopic (exact) mass is 1170 g/mol. The largest absolute Gasteiger partial charge is 0.510 e. The van der Waals surface area contributed by atoms with Gasteiger partial charge in [0, 0.05) is 86.0 Å². The quantitative estimate of drug-likeness (QED) is 0.0250. The summed E-state index contributed by atoms with van der Waals surface area (Å²) in [6.45, 7) is 11.6. The first-order chi connectivity index (χ1) is 41.0. The van der Waals surface area contributed by atoms with Crippen LogP contribution in [0, 0.1) is 11.8 Å². The number of fused-ring (bicyclic) bond motifs is 5. The first kappa shape index (κ1) is 61.4. The normalized spacial score (nSPS) is 18.3. The zero-order valence-electron chi connectivity index (χ0n) is 49.2. The number of Topliss-reactive ketones (excluding diaryl/α,β-unsaturated/α-hetero) is 1. The number of cyclic esters (lactones) is 1. The van der Waals surface area contributed by atoms with Gasteiger partial charge in [0.25, 0.3) is 17.4 Å². The number of pyridine rings is 2. The number of primary amides is 1. The number of urea groups is 1. The van der Waals surface area contributed by atoms with Gasteiger partial charge in [-0.15, -0.1) is 0 Å². The number of aromatic nitrogens is 2. The number of nitrogens with one attached hydrogen (secondary N) is 3. The molecule has 0 spiro atoms. The van der Waals surface area contributed by atoms with Gasteiger partial charge in [0.1, 0.15) is 19.0 Å². The zero-order chi connectivity index (χ0) is 60.4. The minimum atomic E-state index is -2.00. The van der Waals surface area contributed by atoms with Crippen LogP contribution < -0.4 is 32.0 Å². The molecule has 2 saturated heterocycles. The van der Waals surface area contributed by atoms with Crippen molar-refractivity contribution in [2.45, 2.75) is 155 Å². The molecular formula is C63H79N9O13. The van der Waals surface area contributed by atoms with Gasteiger partial charge in [0.05, 0.1) is 35.1 Å². The lowest BCUT2D eigenvalue weighted by Gasteiger charge is -2.39. The molecule has 2 fully saturated rings. The van der Waals surface area contributed by atoms with Crippen LogP contribution in [-0.2, 0) is 70.0 Å². The van der Waals surface area contributed by atoms with E-state index in [1.54, 1.807) is 52.8 Å². The van der Waals surface area contributed by atoms with Crippen LogP contribution in [0.5, 0.6) is 5.75 Å². The Morgan fingerprint density at radius 3 is 2.31 bits per heavy atom. The SMILES string of the molecule is CCc1c2c(nc3ccc(OC(=O)N4CCC(N5CCCCC5)CC4)cc13)-c1cc3c(c(=O)n1C2)COC(=O)[C@]3(CC)OC(=O)OCc1ccc(NC[C@H](CCCNC(N)=O)CC(=O)[C@@H](NC(=O)CCCCCN2C(=O)C=CC2=O)C(C)C)cc1. The number of likely N-dealkylation sites (tertiary alicyclic amines) is 2. The first-order valence-electron chi connectivity index (χ1n) is 30.1. The van der Waals surface area contributed by atoms with Crippen LogP contribution in [0.4, 0.5) is 20.1 Å². The predicted molar refractivity (Wildman–Crippen MR) is 315 cm³/mol. The molecule has 85 heavy (non-hydrogen) atoms. The molecule has 5 N–H and O–H groups in total. The molecule has 6 amide bonds. The van der Waals surface area contributed by atoms with Crippen molar-refractivity contribution >= 4 is 64.3 Å². The number of unbranched alkanes of at least 4 members (excludes halogenated alkanes) is 2. The number of esters is 1. The van der Waals surface area contributed by atoms with E-state index >= 15 is 0 Å². The second-order valence-corrected chi connectivity index (χ2v) is 23.2. The van der Waals surface area contributed by atoms with E-state index in [2.05, 4.69) is 20.9 Å². The molecule has 3 atom stereocenters. The number of nitrogens with two attached hydrogens (primary N) is 1. The van der Waals surface area contributed by atoms with Crippen molar-refractivity contribution in [2.75, 3.05) is 51.1 Å². The van der Waals surface area contributed by atoms with Gasteiger partial charge in [-0.3, -0.25) is 28.9 Å². The van der Waals surface area contributed by atoms with Gasteiger partial charge < -0.3 is 55.0 Å². The van der Waals surface area contributed by atoms with Crippen molar-refractivity contribution in [2.24, 2.45) is 17.6 Å². The van der Waals surface area contributed by atoms with Gasteiger partial charge in [0.15, 0.2) is 5.78 Å². The van der Waals surface area contributed by atoms with E-state index in [1.165, 1.54) is 36.3 Å². The van der Waals surface area contributed by atoms with Crippen LogP contribution in [0.3, 0.4) is 0 Å². The van der Waals surface area contributed by atoms with Crippen LogP contribution in [-0.4, -0.2) is 130 Å². The molecule has 0 bridgehead atoms. The molecule has 454 valence electrons. The third kappa shape index (κ3) is 14.3. The number of hydrogen-bond acceptors (Lipinski definition) is 16. The average Bonchev–Trinajstić information content (AvgIpc) is 1.76. The van der Waals surface area contributed by atoms with Crippen LogP contribution in [0.2, 0.25) is 0 Å². The van der Waals surface area contributed by atoms with Gasteiger partial charge in [-0.1, -0.05) is 52.7 Å². The second-order valence-electron chi connectivity index (χ2n) is 23.2. The Balaban J connectivity index is 0.807. The number of amides is 6. The van der Waals surface area contributed by atoms with Crippen molar-refractivity contribution in [3.8, 4) is 17.1 Å². The molecule has 4 aromatic rings. The average molecular weight is 1170 g/mol. The number of imide groups is 1. The molecule has 2 aromatic heterocycles. The Hall–Kier alpha value is -8.14. The third-order valence-corrected chi connectivity index (χ3v) is 17.2. The van der Waals surface area contributed by atoms with E-state index in [0.717, 1.165) is 42.4 Å². The molecule has 0 saturated carbocycles. The minimum absolute atomic E-state index is 0.0664. The Morgan fingerprint density at radius 2 is 1.61 bits per heavy atom. The van der Waals surface area contributed by atoms with Crippen LogP contribution in [0.1, 0.15) is 139 Å². The number of ether oxygens (including phenoxy) is 4. The van der Waals surface area contributed by atoms with E-state index in [0.29, 0.717) is 105 Å². The fourth-order valence-electron chi connectivity index (χ4n) is 12.5. The van der Waals surface area contributed by atoms with Crippen molar-refractivity contribution < 1.29 is 57.3 Å². The maximum absolute atomic E-state index is 14.5. The topological polar surface area (TPSA) is 280 Å². The molecule has 0 unspecified atom stereocenters. The number of anilines is 1. The zero-order valence-corrected chi connectivity index (χ0v) is 49.2. The standard InChI is InChI=1S/C63H79N9O13/c1-5-45-46-33-44(84-61(80)70-30-24-43(25-31-70)69-27-10-8-11-28-69)20-21-50(46)67-57-47(45)36-72-51(57)34-49-48(58(72)77)38-82-59(78)63(49,6-2)85-62(81)83-37-40-16-18-42(19-17-40)66-35-41(14-13-26-65-60(64)79)32-52(73)56(39(3)4)68-53(74)15-9-7-12-29-71-54(75)22-23-55(71)76/h16-23,33-34,39,41,43,56,66H,5-15,24-32,35-38H2,1-4H3,(H,68,74)(H3,64,65,79)/t41-,56+,63-/m1/s1. The Kier molecular flexibility index (Phi) is 20.0. The number of carbonyl (C=O) groups is 8. The maximum atomic E-state index is 14.5. The summed E-state index contributed by atoms with van der Waals surface area (Å²) in [5.74, 6) is -1.89. The summed E-state index contributed by atoms with van der Waals surface area (Å²) in [5.41, 5.74) is 8.00. The highest BCUT2D eigenvalue weighted by Gasteiger charge is 2.51. The number of hydrogen-bond donors (Lipinski definition) is 4. The maximum Gasteiger partial charge on any atom is 0.510 e. The number of benzene rings is 2. The smallest absolute Gasteiger partial charge is 0.457 e. The van der Waals surface area contributed by atoms with E-state index in [1.807, 2.05) is 32.9 Å². The summed E-state index contributed by atoms with van der Waals surface area (Å²) in [4.78, 5) is 128. The molecule has 0 aliphatic carbocycles. The van der Waals surface area contributed by atoms with Gasteiger partial charge in [0.2, 0.25) is 11.5 Å². The fourth-order valence-corrected chi connectivity index (χ4v) is 12.5. The number of carbonyl (C=O) groups excluding carboxylic acids is 8. The number of nitrogens with zero attached hydrogens (tertiary/aromatic N) is 5. The molecule has 9 rings (SSSR count). The molecule has 7 heterocycles. The molecule has 0 radical (unpaired) electrons. The Morgan fingerprint density at radius 1 is 0.871 bits per heavy atom. The van der Waals surface area contributed by atoms with Crippen LogP contribution >= 0.6 is 0 Å². The number of aryl methyl sites for hydroxylation is 1. The number of rotatable bonds is 25. The number of ketones is 1. The summed E-state index contributed by atoms with van der Waals surface area (Å²) < 4.78 is 24.7. The van der Waals surface area contributed by atoms with E-state index < -0.39 is 35.4 Å². The van der Waals surface area contributed by atoms with Gasteiger partial charge in [-0.2, -0.15) is 0 Å². The third-order valence-electron chi connectivity index (χ3n) is 17.2. The highest BCUT2D eigenvalue weighted by atomic mass is 16.7. The summed E-state index contributed by atoms with van der Waals surface area (Å²) in [6, 6.07) is 13.3. The van der Waals surface area contributed by atoms with Crippen molar-refractivity contribution in [1.82, 2.24) is 34.9 Å². The lowest BCUT2D eigenvalue weighted by molar-refractivity contribution is -0.175. The van der Waals surface area contributed by atoms with Crippen molar-refractivity contribution in [1.29, 1.82) is 0 Å². The molecule has 2 aromatic carbocycles. The molecule has 5 aliphatic rings. The predicted octanol–water partition coefficient (Wildman–Crippen LogP) is 7.51. The summed E-state index contributed by atoms with van der Waals surface area (Å²) in [7, 11) is 0. The molecule has 5 aliphatic heterocycles. The van der Waals surface area contributed by atoms with Gasteiger partial charge in [-0.05, 0) is 137 Å². The second kappa shape index (κ2) is 27.7. The first-order valence-corrected chi connectivity index (χ1v) is 30.1. The van der Waals surface area contributed by atoms with Gasteiger partial charge in [-0.25, -0.2) is 24.2 Å². The van der Waals surface area contributed by atoms with E-state index in [4.69, 9.17) is 29.7 Å². The lowest BCUT2D eigenvalue weighted by atomic mass is 9.85. The fraction of sp³-hybridized carbons (Fsp3) is 0.524. The highest BCUT2D eigenvalue weighted by Crippen LogP contribution is 2.43. The molecular weight excluding hydrogens is 1090 g/mol. The van der Waals surface area contributed by atoms with Crippen molar-refractivity contribution in [3.63, 3.8) is 0 Å². The van der Waals surface area contributed by atoms with Gasteiger partial charge >= 0.3 is 24.2 Å². The van der Waals surface area contributed by atoms with Crippen molar-refractivity contribution in [3.05, 3.63) is 98.9 Å².